The average Bonchev–Trinajstić information content (AvgIpc) is 2.54. The number of hydrogen-bond donors (Lipinski definition) is 1. The first-order chi connectivity index (χ1) is 10.6. The summed E-state index contributed by atoms with van der Waals surface area (Å²) >= 11 is 0. The third kappa shape index (κ3) is 5.65. The first kappa shape index (κ1) is 17.8. The summed E-state index contributed by atoms with van der Waals surface area (Å²) in [7, 11) is 0. The minimum atomic E-state index is -1.01. The minimum Gasteiger partial charge on any atom is -0.460 e. The van der Waals surface area contributed by atoms with Crippen LogP contribution in [0, 0.1) is 5.92 Å². The van der Waals surface area contributed by atoms with Gasteiger partial charge < -0.3 is 20.0 Å². The summed E-state index contributed by atoms with van der Waals surface area (Å²) in [5, 5.41) is 0. The van der Waals surface area contributed by atoms with E-state index < -0.39 is 24.0 Å². The lowest BCUT2D eigenvalue weighted by Crippen LogP contribution is -2.34. The molecule has 0 aliphatic rings. The zero-order valence-corrected chi connectivity index (χ0v) is 12.6. The summed E-state index contributed by atoms with van der Waals surface area (Å²) < 4.78 is 10.2. The molecular weight excluding hydrogens is 286 g/mol. The molecule has 120 valence electrons. The van der Waals surface area contributed by atoms with Crippen LogP contribution in [0.4, 0.5) is 0 Å². The van der Waals surface area contributed by atoms with Crippen LogP contribution in [0.15, 0.2) is 30.3 Å². The highest BCUT2D eigenvalue weighted by atomic mass is 16.6. The highest BCUT2D eigenvalue weighted by Crippen LogP contribution is 2.12. The van der Waals surface area contributed by atoms with E-state index in [1.165, 1.54) is 0 Å². The highest BCUT2D eigenvalue weighted by molar-refractivity contribution is 5.94. The molecule has 0 aromatic heterocycles. The van der Waals surface area contributed by atoms with E-state index in [2.05, 4.69) is 0 Å². The SMILES string of the molecule is CCC(C(=O)OCc1ccccc1)C(=O)OC(CN)CC=O. The normalized spacial score (nSPS) is 13.0. The molecular formula is C16H21NO5. The molecule has 0 radical (unpaired) electrons. The Bertz CT molecular complexity index is 489. The van der Waals surface area contributed by atoms with E-state index in [1.807, 2.05) is 30.3 Å². The maximum absolute atomic E-state index is 12.0. The molecule has 0 aliphatic heterocycles. The zero-order valence-electron chi connectivity index (χ0n) is 12.6. The Morgan fingerprint density at radius 2 is 1.91 bits per heavy atom. The van der Waals surface area contributed by atoms with Crippen LogP contribution in [0.2, 0.25) is 0 Å². The Morgan fingerprint density at radius 3 is 2.45 bits per heavy atom. The van der Waals surface area contributed by atoms with Crippen molar-refractivity contribution in [1.82, 2.24) is 0 Å². The molecule has 0 spiro atoms. The van der Waals surface area contributed by atoms with Crippen molar-refractivity contribution >= 4 is 18.2 Å². The van der Waals surface area contributed by atoms with E-state index in [0.29, 0.717) is 6.29 Å². The van der Waals surface area contributed by atoms with Gasteiger partial charge in [0, 0.05) is 13.0 Å². The van der Waals surface area contributed by atoms with Crippen LogP contribution in [0.1, 0.15) is 25.3 Å². The number of ether oxygens (including phenoxy) is 2. The molecule has 6 heteroatoms. The first-order valence-corrected chi connectivity index (χ1v) is 7.17. The topological polar surface area (TPSA) is 95.7 Å². The smallest absolute Gasteiger partial charge is 0.320 e. The van der Waals surface area contributed by atoms with E-state index in [9.17, 15) is 14.4 Å². The van der Waals surface area contributed by atoms with Crippen LogP contribution in [-0.4, -0.2) is 30.9 Å². The molecule has 1 aromatic carbocycles. The van der Waals surface area contributed by atoms with E-state index in [4.69, 9.17) is 15.2 Å². The standard InChI is InChI=1S/C16H21NO5/c1-2-14(16(20)22-13(10-17)8-9-18)15(19)21-11-12-6-4-3-5-7-12/h3-7,9,13-14H,2,8,10-11,17H2,1H3. The predicted octanol–water partition coefficient (Wildman–Crippen LogP) is 1.22. The molecule has 1 aromatic rings. The Balaban J connectivity index is 2.55. The fourth-order valence-electron chi connectivity index (χ4n) is 1.81. The van der Waals surface area contributed by atoms with Gasteiger partial charge in [-0.1, -0.05) is 37.3 Å². The third-order valence-corrected chi connectivity index (χ3v) is 3.11. The summed E-state index contributed by atoms with van der Waals surface area (Å²) in [6, 6.07) is 9.17. The van der Waals surface area contributed by atoms with E-state index in [0.717, 1.165) is 5.56 Å². The van der Waals surface area contributed by atoms with Gasteiger partial charge in [-0.2, -0.15) is 0 Å². The summed E-state index contributed by atoms with van der Waals surface area (Å²) in [5.41, 5.74) is 6.24. The number of rotatable bonds is 9. The van der Waals surface area contributed by atoms with Crippen LogP contribution in [0.25, 0.3) is 0 Å². The lowest BCUT2D eigenvalue weighted by molar-refractivity contribution is -0.166. The van der Waals surface area contributed by atoms with Gasteiger partial charge in [-0.05, 0) is 12.0 Å². The Labute approximate surface area is 129 Å². The van der Waals surface area contributed by atoms with Gasteiger partial charge in [-0.3, -0.25) is 9.59 Å². The maximum atomic E-state index is 12.0. The Morgan fingerprint density at radius 1 is 1.23 bits per heavy atom. The van der Waals surface area contributed by atoms with Gasteiger partial charge in [0.1, 0.15) is 19.0 Å². The number of carbonyl (C=O) groups excluding carboxylic acids is 3. The Hall–Kier alpha value is -2.21. The van der Waals surface area contributed by atoms with Crippen LogP contribution in [0.5, 0.6) is 0 Å². The van der Waals surface area contributed by atoms with Crippen molar-refractivity contribution < 1.29 is 23.9 Å². The lowest BCUT2D eigenvalue weighted by atomic mass is 10.1. The van der Waals surface area contributed by atoms with Crippen molar-refractivity contribution in [1.29, 1.82) is 0 Å². The first-order valence-electron chi connectivity index (χ1n) is 7.17. The van der Waals surface area contributed by atoms with Crippen molar-refractivity contribution in [3.63, 3.8) is 0 Å². The second kappa shape index (κ2) is 9.68. The molecule has 0 heterocycles. The van der Waals surface area contributed by atoms with Gasteiger partial charge >= 0.3 is 11.9 Å². The molecule has 0 saturated heterocycles. The van der Waals surface area contributed by atoms with Gasteiger partial charge in [-0.25, -0.2) is 0 Å². The molecule has 2 unspecified atom stereocenters. The molecule has 0 bridgehead atoms. The van der Waals surface area contributed by atoms with Crippen molar-refractivity contribution in [3.05, 3.63) is 35.9 Å². The van der Waals surface area contributed by atoms with Crippen molar-refractivity contribution in [2.45, 2.75) is 32.5 Å². The number of aldehydes is 1. The molecule has 6 nitrogen and oxygen atoms in total. The van der Waals surface area contributed by atoms with Gasteiger partial charge in [-0.15, -0.1) is 0 Å². The monoisotopic (exact) mass is 307 g/mol. The molecule has 0 fully saturated rings. The number of benzene rings is 1. The number of esters is 2. The quantitative estimate of drug-likeness (QED) is 0.418. The number of carbonyl (C=O) groups is 3. The van der Waals surface area contributed by atoms with Gasteiger partial charge in [0.2, 0.25) is 0 Å². The minimum absolute atomic E-state index is 0.0116. The van der Waals surface area contributed by atoms with Crippen molar-refractivity contribution in [2.24, 2.45) is 11.7 Å². The summed E-state index contributed by atoms with van der Waals surface area (Å²) in [5.74, 6) is -2.36. The van der Waals surface area contributed by atoms with E-state index >= 15 is 0 Å². The van der Waals surface area contributed by atoms with Crippen molar-refractivity contribution in [2.75, 3.05) is 6.54 Å². The van der Waals surface area contributed by atoms with Gasteiger partial charge in [0.25, 0.3) is 0 Å². The van der Waals surface area contributed by atoms with Crippen LogP contribution < -0.4 is 5.73 Å². The van der Waals surface area contributed by atoms with Crippen LogP contribution >= 0.6 is 0 Å². The molecule has 0 saturated carbocycles. The average molecular weight is 307 g/mol. The number of nitrogens with two attached hydrogens (primary N) is 1. The van der Waals surface area contributed by atoms with Crippen LogP contribution in [0.3, 0.4) is 0 Å². The Kier molecular flexibility index (Phi) is 7.85. The summed E-state index contributed by atoms with van der Waals surface area (Å²) in [4.78, 5) is 34.4. The summed E-state index contributed by atoms with van der Waals surface area (Å²) in [6.07, 6.45) is 0.183. The van der Waals surface area contributed by atoms with Crippen molar-refractivity contribution in [3.8, 4) is 0 Å². The summed E-state index contributed by atoms with van der Waals surface area (Å²) in [6.45, 7) is 1.81. The second-order valence-corrected chi connectivity index (χ2v) is 4.75. The molecule has 0 amide bonds. The van der Waals surface area contributed by atoms with E-state index in [-0.39, 0.29) is 26.0 Å². The molecule has 1 rings (SSSR count). The number of hydrogen-bond acceptors (Lipinski definition) is 6. The predicted molar refractivity (Wildman–Crippen MR) is 79.6 cm³/mol. The second-order valence-electron chi connectivity index (χ2n) is 4.75. The highest BCUT2D eigenvalue weighted by Gasteiger charge is 2.29. The molecule has 2 atom stereocenters. The molecule has 22 heavy (non-hydrogen) atoms. The van der Waals surface area contributed by atoms with Gasteiger partial charge in [0.15, 0.2) is 5.92 Å². The zero-order chi connectivity index (χ0) is 16.4. The molecule has 2 N–H and O–H groups in total. The van der Waals surface area contributed by atoms with E-state index in [1.54, 1.807) is 6.92 Å². The van der Waals surface area contributed by atoms with Gasteiger partial charge in [0.05, 0.1) is 0 Å². The largest absolute Gasteiger partial charge is 0.460 e. The lowest BCUT2D eigenvalue weighted by Gasteiger charge is -2.18. The fourth-order valence-corrected chi connectivity index (χ4v) is 1.81. The molecule has 0 aliphatic carbocycles. The fraction of sp³-hybridized carbons (Fsp3) is 0.438. The van der Waals surface area contributed by atoms with Crippen LogP contribution in [-0.2, 0) is 30.5 Å². The maximum Gasteiger partial charge on any atom is 0.320 e. The third-order valence-electron chi connectivity index (χ3n) is 3.11.